The highest BCUT2D eigenvalue weighted by molar-refractivity contribution is 6.06. The monoisotopic (exact) mass is 398 g/mol. The minimum Gasteiger partial charge on any atom is -0.494 e. The zero-order valence-corrected chi connectivity index (χ0v) is 17.8. The fourth-order valence-electron chi connectivity index (χ4n) is 3.45. The van der Waals surface area contributed by atoms with Crippen LogP contribution in [0.3, 0.4) is 0 Å². The minimum absolute atomic E-state index is 0.117. The SMILES string of the molecule is CCN(Cc1ccc(OC)c(F)c1)C(=O)c1cc(C(C)C)nc2c1c(C)nn2C. The molecule has 3 aromatic rings. The van der Waals surface area contributed by atoms with E-state index < -0.39 is 5.82 Å². The van der Waals surface area contributed by atoms with Gasteiger partial charge in [0.15, 0.2) is 17.2 Å². The summed E-state index contributed by atoms with van der Waals surface area (Å²) in [5.41, 5.74) is 3.59. The summed E-state index contributed by atoms with van der Waals surface area (Å²) in [5.74, 6) is -0.197. The Morgan fingerprint density at radius 3 is 2.62 bits per heavy atom. The van der Waals surface area contributed by atoms with E-state index in [0.717, 1.165) is 16.8 Å². The van der Waals surface area contributed by atoms with E-state index in [9.17, 15) is 9.18 Å². The van der Waals surface area contributed by atoms with Gasteiger partial charge in [-0.15, -0.1) is 0 Å². The first-order valence-corrected chi connectivity index (χ1v) is 9.72. The Balaban J connectivity index is 2.03. The van der Waals surface area contributed by atoms with Crippen LogP contribution in [0.1, 0.15) is 54.0 Å². The third-order valence-electron chi connectivity index (χ3n) is 5.07. The second-order valence-electron chi connectivity index (χ2n) is 7.45. The van der Waals surface area contributed by atoms with Crippen LogP contribution < -0.4 is 4.74 Å². The van der Waals surface area contributed by atoms with Gasteiger partial charge in [-0.05, 0) is 43.5 Å². The molecule has 154 valence electrons. The number of fused-ring (bicyclic) bond motifs is 1. The summed E-state index contributed by atoms with van der Waals surface area (Å²) in [6.07, 6.45) is 0. The van der Waals surface area contributed by atoms with Crippen molar-refractivity contribution >= 4 is 16.9 Å². The number of amides is 1. The van der Waals surface area contributed by atoms with Crippen LogP contribution in [0, 0.1) is 12.7 Å². The first-order valence-electron chi connectivity index (χ1n) is 9.72. The first-order chi connectivity index (χ1) is 13.8. The fourth-order valence-corrected chi connectivity index (χ4v) is 3.45. The molecule has 0 spiro atoms. The van der Waals surface area contributed by atoms with E-state index in [2.05, 4.69) is 5.10 Å². The largest absolute Gasteiger partial charge is 0.494 e. The Hall–Kier alpha value is -2.96. The number of ether oxygens (including phenoxy) is 1. The maximum absolute atomic E-state index is 14.1. The molecule has 0 aliphatic heterocycles. The van der Waals surface area contributed by atoms with Gasteiger partial charge in [0.05, 0.1) is 23.8 Å². The maximum Gasteiger partial charge on any atom is 0.255 e. The van der Waals surface area contributed by atoms with E-state index in [-0.39, 0.29) is 17.6 Å². The predicted molar refractivity (Wildman–Crippen MR) is 111 cm³/mol. The molecular formula is C22H27FN4O2. The zero-order valence-electron chi connectivity index (χ0n) is 17.8. The van der Waals surface area contributed by atoms with Gasteiger partial charge < -0.3 is 9.64 Å². The number of aryl methyl sites for hydroxylation is 2. The number of carbonyl (C=O) groups is 1. The molecule has 0 atom stereocenters. The van der Waals surface area contributed by atoms with Gasteiger partial charge in [-0.2, -0.15) is 5.10 Å². The third kappa shape index (κ3) is 3.95. The molecule has 1 amide bonds. The Kier molecular flexibility index (Phi) is 5.86. The van der Waals surface area contributed by atoms with Crippen molar-refractivity contribution in [2.24, 2.45) is 7.05 Å². The van der Waals surface area contributed by atoms with Gasteiger partial charge in [0, 0.05) is 25.8 Å². The molecule has 2 aromatic heterocycles. The predicted octanol–water partition coefficient (Wildman–Crippen LogP) is 4.21. The molecule has 0 aliphatic rings. The molecule has 0 radical (unpaired) electrons. The van der Waals surface area contributed by atoms with Gasteiger partial charge in [0.2, 0.25) is 0 Å². The number of hydrogen-bond acceptors (Lipinski definition) is 4. The highest BCUT2D eigenvalue weighted by Crippen LogP contribution is 2.27. The standard InChI is InChI=1S/C22H27FN4O2/c1-7-27(12-15-8-9-19(29-6)17(23)10-15)22(28)16-11-18(13(2)3)24-21-20(16)14(4)25-26(21)5/h8-11,13H,7,12H2,1-6H3. The Labute approximate surface area is 170 Å². The van der Waals surface area contributed by atoms with E-state index in [4.69, 9.17) is 9.72 Å². The number of benzene rings is 1. The summed E-state index contributed by atoms with van der Waals surface area (Å²) in [5, 5.41) is 5.22. The second-order valence-corrected chi connectivity index (χ2v) is 7.45. The molecule has 1 aromatic carbocycles. The van der Waals surface area contributed by atoms with Gasteiger partial charge in [-0.25, -0.2) is 9.37 Å². The number of rotatable bonds is 6. The van der Waals surface area contributed by atoms with Crippen LogP contribution >= 0.6 is 0 Å². The Morgan fingerprint density at radius 1 is 1.31 bits per heavy atom. The minimum atomic E-state index is -0.440. The lowest BCUT2D eigenvalue weighted by Crippen LogP contribution is -2.30. The number of hydrogen-bond donors (Lipinski definition) is 0. The highest BCUT2D eigenvalue weighted by atomic mass is 19.1. The Bertz CT molecular complexity index is 1060. The molecule has 0 bridgehead atoms. The number of halogens is 1. The average Bonchev–Trinajstić information content (AvgIpc) is 2.98. The molecule has 0 saturated heterocycles. The van der Waals surface area contributed by atoms with Crippen LogP contribution in [0.25, 0.3) is 11.0 Å². The van der Waals surface area contributed by atoms with Gasteiger partial charge in [0.25, 0.3) is 5.91 Å². The maximum atomic E-state index is 14.1. The normalized spacial score (nSPS) is 11.3. The summed E-state index contributed by atoms with van der Waals surface area (Å²) in [4.78, 5) is 19.9. The molecule has 0 unspecified atom stereocenters. The lowest BCUT2D eigenvalue weighted by Gasteiger charge is -2.22. The summed E-state index contributed by atoms with van der Waals surface area (Å²) in [6, 6.07) is 6.62. The van der Waals surface area contributed by atoms with Crippen molar-refractivity contribution < 1.29 is 13.9 Å². The molecule has 0 fully saturated rings. The molecule has 0 saturated carbocycles. The fraction of sp³-hybridized carbons (Fsp3) is 0.409. The third-order valence-corrected chi connectivity index (χ3v) is 5.07. The van der Waals surface area contributed by atoms with Crippen LogP contribution in [-0.4, -0.2) is 39.2 Å². The smallest absolute Gasteiger partial charge is 0.255 e. The van der Waals surface area contributed by atoms with Gasteiger partial charge in [0.1, 0.15) is 0 Å². The van der Waals surface area contributed by atoms with Crippen molar-refractivity contribution in [3.8, 4) is 5.75 Å². The van der Waals surface area contributed by atoms with E-state index in [0.29, 0.717) is 29.9 Å². The van der Waals surface area contributed by atoms with Gasteiger partial charge in [-0.1, -0.05) is 19.9 Å². The van der Waals surface area contributed by atoms with Crippen molar-refractivity contribution in [3.05, 3.63) is 52.6 Å². The summed E-state index contributed by atoms with van der Waals surface area (Å²) >= 11 is 0. The van der Waals surface area contributed by atoms with E-state index in [1.54, 1.807) is 21.7 Å². The summed E-state index contributed by atoms with van der Waals surface area (Å²) < 4.78 is 20.8. The average molecular weight is 398 g/mol. The van der Waals surface area contributed by atoms with Crippen LogP contribution in [0.5, 0.6) is 5.75 Å². The highest BCUT2D eigenvalue weighted by Gasteiger charge is 2.23. The quantitative estimate of drug-likeness (QED) is 0.624. The van der Waals surface area contributed by atoms with Crippen molar-refractivity contribution in [1.29, 1.82) is 0 Å². The summed E-state index contributed by atoms with van der Waals surface area (Å²) in [6.45, 7) is 8.68. The van der Waals surface area contributed by atoms with Crippen molar-refractivity contribution in [2.75, 3.05) is 13.7 Å². The first kappa shape index (κ1) is 20.8. The molecule has 29 heavy (non-hydrogen) atoms. The summed E-state index contributed by atoms with van der Waals surface area (Å²) in [7, 11) is 3.26. The van der Waals surface area contributed by atoms with Crippen molar-refractivity contribution in [2.45, 2.75) is 40.2 Å². The van der Waals surface area contributed by atoms with E-state index in [1.807, 2.05) is 40.8 Å². The number of carbonyl (C=O) groups excluding carboxylic acids is 1. The molecule has 7 heteroatoms. The van der Waals surface area contributed by atoms with Gasteiger partial charge in [-0.3, -0.25) is 9.48 Å². The lowest BCUT2D eigenvalue weighted by atomic mass is 10.0. The Morgan fingerprint density at radius 2 is 2.03 bits per heavy atom. The van der Waals surface area contributed by atoms with Crippen molar-refractivity contribution in [3.63, 3.8) is 0 Å². The number of aromatic nitrogens is 3. The molecule has 0 aliphatic carbocycles. The van der Waals surface area contributed by atoms with Crippen LogP contribution in [-0.2, 0) is 13.6 Å². The second kappa shape index (κ2) is 8.19. The van der Waals surface area contributed by atoms with Crippen LogP contribution in [0.15, 0.2) is 24.3 Å². The molecule has 3 rings (SSSR count). The molecule has 2 heterocycles. The molecule has 6 nitrogen and oxygen atoms in total. The number of methoxy groups -OCH3 is 1. The zero-order chi connectivity index (χ0) is 21.3. The topological polar surface area (TPSA) is 60.2 Å². The lowest BCUT2D eigenvalue weighted by molar-refractivity contribution is 0.0754. The van der Waals surface area contributed by atoms with Crippen LogP contribution in [0.4, 0.5) is 4.39 Å². The van der Waals surface area contributed by atoms with Crippen LogP contribution in [0.2, 0.25) is 0 Å². The number of nitrogens with zero attached hydrogens (tertiary/aromatic N) is 4. The van der Waals surface area contributed by atoms with E-state index >= 15 is 0 Å². The van der Waals surface area contributed by atoms with Gasteiger partial charge >= 0.3 is 0 Å². The number of pyridine rings is 1. The molecule has 0 N–H and O–H groups in total. The molecular weight excluding hydrogens is 371 g/mol. The van der Waals surface area contributed by atoms with E-state index in [1.165, 1.54) is 13.2 Å². The van der Waals surface area contributed by atoms with Crippen molar-refractivity contribution in [1.82, 2.24) is 19.7 Å².